The summed E-state index contributed by atoms with van der Waals surface area (Å²) >= 11 is 0. The number of benzene rings is 1. The first kappa shape index (κ1) is 11.3. The van der Waals surface area contributed by atoms with Gasteiger partial charge in [0.05, 0.1) is 0 Å². The topological polar surface area (TPSA) is 41.6 Å². The van der Waals surface area contributed by atoms with Crippen molar-refractivity contribution in [2.75, 3.05) is 13.6 Å². The highest BCUT2D eigenvalue weighted by molar-refractivity contribution is 5.78. The van der Waals surface area contributed by atoms with E-state index in [-0.39, 0.29) is 0 Å². The third-order valence-corrected chi connectivity index (χ3v) is 5.12. The lowest BCUT2D eigenvalue weighted by Crippen LogP contribution is -2.35. The van der Waals surface area contributed by atoms with E-state index in [1.165, 1.54) is 19.3 Å². The molecule has 0 radical (unpaired) electrons. The smallest absolute Gasteiger partial charge is 0.191 e. The second-order valence-electron chi connectivity index (χ2n) is 6.30. The molecule has 3 atom stereocenters. The molecule has 0 saturated heterocycles. The molecule has 100 valence electrons. The summed E-state index contributed by atoms with van der Waals surface area (Å²) in [5.74, 6) is 3.07. The summed E-state index contributed by atoms with van der Waals surface area (Å²) in [4.78, 5) is 6.77. The summed E-state index contributed by atoms with van der Waals surface area (Å²) in [5.41, 5.74) is 9.18. The Labute approximate surface area is 114 Å². The summed E-state index contributed by atoms with van der Waals surface area (Å²) in [7, 11) is 2.07. The van der Waals surface area contributed by atoms with Crippen LogP contribution in [0.25, 0.3) is 0 Å². The van der Waals surface area contributed by atoms with Gasteiger partial charge in [0.1, 0.15) is 0 Å². The highest BCUT2D eigenvalue weighted by Gasteiger charge is 2.54. The third kappa shape index (κ3) is 1.83. The van der Waals surface area contributed by atoms with Gasteiger partial charge in [0.15, 0.2) is 5.96 Å². The van der Waals surface area contributed by atoms with Gasteiger partial charge in [-0.3, -0.25) is 4.99 Å². The zero-order chi connectivity index (χ0) is 13.0. The Morgan fingerprint density at radius 2 is 2.16 bits per heavy atom. The predicted molar refractivity (Wildman–Crippen MR) is 77.1 cm³/mol. The van der Waals surface area contributed by atoms with Gasteiger partial charge in [-0.1, -0.05) is 24.3 Å². The minimum Gasteiger partial charge on any atom is -0.370 e. The van der Waals surface area contributed by atoms with Crippen molar-refractivity contribution >= 4 is 5.96 Å². The van der Waals surface area contributed by atoms with Gasteiger partial charge in [0, 0.05) is 19.6 Å². The maximum atomic E-state index is 6.06. The van der Waals surface area contributed by atoms with Crippen molar-refractivity contribution in [3.8, 4) is 0 Å². The Kier molecular flexibility index (Phi) is 2.38. The number of hydrogen-bond acceptors (Lipinski definition) is 1. The molecule has 2 N–H and O–H groups in total. The lowest BCUT2D eigenvalue weighted by Gasteiger charge is -2.17. The van der Waals surface area contributed by atoms with Gasteiger partial charge in [-0.05, 0) is 48.1 Å². The molecule has 1 aromatic carbocycles. The van der Waals surface area contributed by atoms with Gasteiger partial charge in [-0.15, -0.1) is 0 Å². The first-order chi connectivity index (χ1) is 9.25. The normalized spacial score (nSPS) is 31.8. The Hall–Kier alpha value is -1.51. The van der Waals surface area contributed by atoms with Crippen LogP contribution in [0, 0.1) is 11.8 Å². The summed E-state index contributed by atoms with van der Waals surface area (Å²) in [6, 6.07) is 9.54. The van der Waals surface area contributed by atoms with Crippen LogP contribution in [0.4, 0.5) is 0 Å². The molecule has 4 rings (SSSR count). The number of rotatable bonds is 3. The zero-order valence-corrected chi connectivity index (χ0v) is 11.4. The summed E-state index contributed by atoms with van der Waals surface area (Å²) < 4.78 is 0. The molecule has 19 heavy (non-hydrogen) atoms. The number of hydrogen-bond donors (Lipinski definition) is 1. The van der Waals surface area contributed by atoms with E-state index in [4.69, 9.17) is 5.73 Å². The van der Waals surface area contributed by atoms with Crippen molar-refractivity contribution in [1.29, 1.82) is 0 Å². The van der Waals surface area contributed by atoms with E-state index < -0.39 is 0 Å². The molecule has 2 fully saturated rings. The van der Waals surface area contributed by atoms with Gasteiger partial charge in [0.25, 0.3) is 0 Å². The summed E-state index contributed by atoms with van der Waals surface area (Å²) in [6.07, 6.45) is 3.79. The van der Waals surface area contributed by atoms with Crippen molar-refractivity contribution < 1.29 is 0 Å². The number of guanidine groups is 1. The Morgan fingerprint density at radius 3 is 2.95 bits per heavy atom. The molecule has 3 aliphatic carbocycles. The fraction of sp³-hybridized carbons (Fsp3) is 0.562. The second-order valence-corrected chi connectivity index (χ2v) is 6.30. The molecule has 3 aliphatic rings. The van der Waals surface area contributed by atoms with Crippen LogP contribution in [0.3, 0.4) is 0 Å². The molecule has 0 aromatic heterocycles. The standard InChI is InChI=1S/C16H21N3/c1-19(11-6-7-11)16(17)18-9-14-13-8-10-4-2-3-5-12(10)15(13)14/h2-5,11,13-15H,6-9H2,1H3,(H2,17,18). The van der Waals surface area contributed by atoms with E-state index in [0.717, 1.165) is 30.3 Å². The average Bonchev–Trinajstić information content (AvgIpc) is 3.33. The van der Waals surface area contributed by atoms with E-state index >= 15 is 0 Å². The van der Waals surface area contributed by atoms with Gasteiger partial charge < -0.3 is 10.6 Å². The maximum absolute atomic E-state index is 6.06. The first-order valence-corrected chi connectivity index (χ1v) is 7.36. The minimum atomic E-state index is 0.656. The van der Waals surface area contributed by atoms with Gasteiger partial charge in [-0.2, -0.15) is 0 Å². The van der Waals surface area contributed by atoms with E-state index in [2.05, 4.69) is 41.2 Å². The van der Waals surface area contributed by atoms with Crippen LogP contribution >= 0.6 is 0 Å². The number of aliphatic imine (C=N–C) groups is 1. The van der Waals surface area contributed by atoms with Gasteiger partial charge >= 0.3 is 0 Å². The van der Waals surface area contributed by atoms with Crippen LogP contribution in [0.15, 0.2) is 29.3 Å². The van der Waals surface area contributed by atoms with E-state index in [9.17, 15) is 0 Å². The molecule has 0 aliphatic heterocycles. The largest absolute Gasteiger partial charge is 0.370 e. The SMILES string of the molecule is CN(C(N)=NCC1C2Cc3ccccc3C12)C1CC1. The van der Waals surface area contributed by atoms with E-state index in [0.29, 0.717) is 6.04 Å². The van der Waals surface area contributed by atoms with Crippen LogP contribution in [0.1, 0.15) is 29.9 Å². The van der Waals surface area contributed by atoms with Gasteiger partial charge in [0.2, 0.25) is 0 Å². The van der Waals surface area contributed by atoms with Crippen LogP contribution < -0.4 is 5.73 Å². The van der Waals surface area contributed by atoms with Crippen LogP contribution in [0.2, 0.25) is 0 Å². The van der Waals surface area contributed by atoms with Gasteiger partial charge in [-0.25, -0.2) is 0 Å². The molecule has 3 unspecified atom stereocenters. The van der Waals surface area contributed by atoms with Crippen LogP contribution in [-0.4, -0.2) is 30.5 Å². The number of nitrogens with two attached hydrogens (primary N) is 1. The quantitative estimate of drug-likeness (QED) is 0.663. The molecule has 0 amide bonds. The first-order valence-electron chi connectivity index (χ1n) is 7.36. The van der Waals surface area contributed by atoms with Crippen molar-refractivity contribution in [3.05, 3.63) is 35.4 Å². The molecular formula is C16H21N3. The summed E-state index contributed by atoms with van der Waals surface area (Å²) in [5, 5.41) is 0. The zero-order valence-electron chi connectivity index (χ0n) is 11.4. The molecule has 3 heteroatoms. The number of fused-ring (bicyclic) bond motifs is 3. The lowest BCUT2D eigenvalue weighted by molar-refractivity contribution is 0.486. The average molecular weight is 255 g/mol. The maximum Gasteiger partial charge on any atom is 0.191 e. The fourth-order valence-electron chi connectivity index (χ4n) is 3.69. The molecule has 2 saturated carbocycles. The van der Waals surface area contributed by atoms with Crippen molar-refractivity contribution in [2.45, 2.75) is 31.2 Å². The molecule has 0 bridgehead atoms. The van der Waals surface area contributed by atoms with E-state index in [1.807, 2.05) is 0 Å². The Bertz CT molecular complexity index is 533. The molecule has 0 heterocycles. The van der Waals surface area contributed by atoms with E-state index in [1.54, 1.807) is 11.1 Å². The highest BCUT2D eigenvalue weighted by atomic mass is 15.3. The predicted octanol–water partition coefficient (Wildman–Crippen LogP) is 1.98. The molecule has 0 spiro atoms. The molecular weight excluding hydrogens is 234 g/mol. The Morgan fingerprint density at radius 1 is 1.37 bits per heavy atom. The summed E-state index contributed by atoms with van der Waals surface area (Å²) in [6.45, 7) is 0.909. The molecule has 1 aromatic rings. The fourth-order valence-corrected chi connectivity index (χ4v) is 3.69. The monoisotopic (exact) mass is 255 g/mol. The number of nitrogens with zero attached hydrogens (tertiary/aromatic N) is 2. The lowest BCUT2D eigenvalue weighted by atomic mass is 10.0. The van der Waals surface area contributed by atoms with Crippen molar-refractivity contribution in [2.24, 2.45) is 22.6 Å². The second kappa shape index (κ2) is 3.99. The van der Waals surface area contributed by atoms with Crippen molar-refractivity contribution in [1.82, 2.24) is 4.90 Å². The minimum absolute atomic E-state index is 0.656. The van der Waals surface area contributed by atoms with Crippen LogP contribution in [0.5, 0.6) is 0 Å². The molecule has 3 nitrogen and oxygen atoms in total. The third-order valence-electron chi connectivity index (χ3n) is 5.12. The Balaban J connectivity index is 1.41. The van der Waals surface area contributed by atoms with Crippen LogP contribution in [-0.2, 0) is 6.42 Å². The van der Waals surface area contributed by atoms with Crippen molar-refractivity contribution in [3.63, 3.8) is 0 Å². The highest BCUT2D eigenvalue weighted by Crippen LogP contribution is 2.61.